The molecule has 0 aliphatic carbocycles. The molecule has 1 aromatic rings. The van der Waals surface area contributed by atoms with E-state index in [0.29, 0.717) is 5.91 Å². The van der Waals surface area contributed by atoms with Crippen molar-refractivity contribution in [2.75, 3.05) is 44.2 Å². The standard InChI is InChI=1S/C17H27N5O/c1-2-9-20-10-4-6-15(20)17(23)22-12-5-11-21(13-14-22)16-7-3-8-18-19-16/h3,7-8,15H,2,4-6,9-14H2,1H3. The summed E-state index contributed by atoms with van der Waals surface area (Å²) in [6.45, 7) is 7.71. The number of rotatable bonds is 4. The minimum Gasteiger partial charge on any atom is -0.353 e. The second-order valence-electron chi connectivity index (χ2n) is 6.44. The normalized spacial score (nSPS) is 23.1. The molecule has 0 aromatic carbocycles. The second kappa shape index (κ2) is 7.73. The molecule has 0 saturated carbocycles. The summed E-state index contributed by atoms with van der Waals surface area (Å²) in [5.74, 6) is 1.24. The lowest BCUT2D eigenvalue weighted by Gasteiger charge is -2.29. The van der Waals surface area contributed by atoms with Crippen LogP contribution in [0.2, 0.25) is 0 Å². The molecule has 0 radical (unpaired) electrons. The first-order valence-corrected chi connectivity index (χ1v) is 8.85. The molecule has 0 N–H and O–H groups in total. The molecule has 2 saturated heterocycles. The highest BCUT2D eigenvalue weighted by atomic mass is 16.2. The lowest BCUT2D eigenvalue weighted by atomic mass is 10.2. The molecular weight excluding hydrogens is 290 g/mol. The van der Waals surface area contributed by atoms with Crippen molar-refractivity contribution in [3.63, 3.8) is 0 Å². The third kappa shape index (κ3) is 3.80. The Bertz CT molecular complexity index is 509. The van der Waals surface area contributed by atoms with Crippen molar-refractivity contribution in [1.29, 1.82) is 0 Å². The lowest BCUT2D eigenvalue weighted by molar-refractivity contribution is -0.135. The third-order valence-electron chi connectivity index (χ3n) is 4.85. The summed E-state index contributed by atoms with van der Waals surface area (Å²) in [6, 6.07) is 4.01. The number of carbonyl (C=O) groups is 1. The zero-order valence-electron chi connectivity index (χ0n) is 14.0. The van der Waals surface area contributed by atoms with Crippen LogP contribution in [0.25, 0.3) is 0 Å². The summed E-state index contributed by atoms with van der Waals surface area (Å²) in [5, 5.41) is 8.15. The van der Waals surface area contributed by atoms with Crippen molar-refractivity contribution < 1.29 is 4.79 Å². The topological polar surface area (TPSA) is 52.6 Å². The highest BCUT2D eigenvalue weighted by molar-refractivity contribution is 5.82. The Kier molecular flexibility index (Phi) is 5.43. The van der Waals surface area contributed by atoms with Crippen molar-refractivity contribution in [2.45, 2.75) is 38.6 Å². The van der Waals surface area contributed by atoms with Gasteiger partial charge in [0.2, 0.25) is 5.91 Å². The fourth-order valence-corrected chi connectivity index (χ4v) is 3.70. The van der Waals surface area contributed by atoms with Gasteiger partial charge in [0.05, 0.1) is 6.04 Å². The fourth-order valence-electron chi connectivity index (χ4n) is 3.70. The SMILES string of the molecule is CCCN1CCCC1C(=O)N1CCCN(c2cccnn2)CC1. The molecule has 1 unspecified atom stereocenters. The van der Waals surface area contributed by atoms with Crippen LogP contribution in [0.1, 0.15) is 32.6 Å². The Morgan fingerprint density at radius 2 is 2.13 bits per heavy atom. The largest absolute Gasteiger partial charge is 0.353 e. The monoisotopic (exact) mass is 317 g/mol. The van der Waals surface area contributed by atoms with Gasteiger partial charge < -0.3 is 9.80 Å². The van der Waals surface area contributed by atoms with Crippen LogP contribution in [-0.4, -0.2) is 71.2 Å². The Morgan fingerprint density at radius 3 is 2.91 bits per heavy atom. The number of amides is 1. The van der Waals surface area contributed by atoms with Gasteiger partial charge in [0.25, 0.3) is 0 Å². The molecule has 2 aliphatic rings. The quantitative estimate of drug-likeness (QED) is 0.840. The van der Waals surface area contributed by atoms with Gasteiger partial charge in [-0.1, -0.05) is 6.92 Å². The summed E-state index contributed by atoms with van der Waals surface area (Å²) < 4.78 is 0. The number of likely N-dealkylation sites (tertiary alicyclic amines) is 1. The van der Waals surface area contributed by atoms with Gasteiger partial charge in [0.15, 0.2) is 5.82 Å². The minimum absolute atomic E-state index is 0.109. The van der Waals surface area contributed by atoms with Crippen LogP contribution in [0.5, 0.6) is 0 Å². The lowest BCUT2D eigenvalue weighted by Crippen LogP contribution is -2.47. The zero-order valence-corrected chi connectivity index (χ0v) is 14.0. The van der Waals surface area contributed by atoms with Crippen molar-refractivity contribution in [2.24, 2.45) is 0 Å². The molecule has 0 bridgehead atoms. The molecule has 1 amide bonds. The van der Waals surface area contributed by atoms with Gasteiger partial charge in [0, 0.05) is 32.4 Å². The smallest absolute Gasteiger partial charge is 0.239 e. The fraction of sp³-hybridized carbons (Fsp3) is 0.706. The number of nitrogens with zero attached hydrogens (tertiary/aromatic N) is 5. The van der Waals surface area contributed by atoms with Crippen LogP contribution >= 0.6 is 0 Å². The second-order valence-corrected chi connectivity index (χ2v) is 6.44. The number of hydrogen-bond acceptors (Lipinski definition) is 5. The van der Waals surface area contributed by atoms with E-state index in [9.17, 15) is 4.79 Å². The van der Waals surface area contributed by atoms with E-state index >= 15 is 0 Å². The summed E-state index contributed by atoms with van der Waals surface area (Å²) in [6.07, 6.45) is 5.96. The van der Waals surface area contributed by atoms with Gasteiger partial charge in [-0.2, -0.15) is 5.10 Å². The first kappa shape index (κ1) is 16.2. The van der Waals surface area contributed by atoms with Crippen LogP contribution in [0, 0.1) is 0 Å². The van der Waals surface area contributed by atoms with E-state index in [1.807, 2.05) is 12.1 Å². The van der Waals surface area contributed by atoms with E-state index in [4.69, 9.17) is 0 Å². The van der Waals surface area contributed by atoms with Gasteiger partial charge in [-0.25, -0.2) is 0 Å². The van der Waals surface area contributed by atoms with E-state index in [2.05, 4.69) is 31.8 Å². The van der Waals surface area contributed by atoms with Crippen LogP contribution < -0.4 is 4.90 Å². The van der Waals surface area contributed by atoms with Gasteiger partial charge in [0.1, 0.15) is 0 Å². The average molecular weight is 317 g/mol. The van der Waals surface area contributed by atoms with Gasteiger partial charge in [-0.05, 0) is 50.9 Å². The van der Waals surface area contributed by atoms with Gasteiger partial charge in [-0.15, -0.1) is 5.10 Å². The molecule has 6 nitrogen and oxygen atoms in total. The van der Waals surface area contributed by atoms with E-state index in [1.165, 1.54) is 0 Å². The molecule has 1 atom stereocenters. The average Bonchev–Trinajstić information content (AvgIpc) is 2.90. The van der Waals surface area contributed by atoms with E-state index < -0.39 is 0 Å². The van der Waals surface area contributed by atoms with Crippen molar-refractivity contribution in [3.05, 3.63) is 18.3 Å². The molecule has 23 heavy (non-hydrogen) atoms. The highest BCUT2D eigenvalue weighted by Gasteiger charge is 2.33. The van der Waals surface area contributed by atoms with E-state index in [0.717, 1.165) is 70.8 Å². The third-order valence-corrected chi connectivity index (χ3v) is 4.85. The first-order chi connectivity index (χ1) is 11.3. The molecule has 6 heteroatoms. The maximum atomic E-state index is 12.9. The molecule has 1 aromatic heterocycles. The van der Waals surface area contributed by atoms with Crippen LogP contribution in [0.3, 0.4) is 0 Å². The predicted molar refractivity (Wildman–Crippen MR) is 90.3 cm³/mol. The van der Waals surface area contributed by atoms with Crippen molar-refractivity contribution >= 4 is 11.7 Å². The minimum atomic E-state index is 0.109. The molecular formula is C17H27N5O. The Hall–Kier alpha value is -1.69. The Morgan fingerprint density at radius 1 is 1.22 bits per heavy atom. The van der Waals surface area contributed by atoms with Gasteiger partial charge >= 0.3 is 0 Å². The molecule has 126 valence electrons. The Labute approximate surface area is 138 Å². The number of carbonyl (C=O) groups excluding carboxylic acids is 1. The molecule has 2 fully saturated rings. The number of aromatic nitrogens is 2. The van der Waals surface area contributed by atoms with Crippen molar-refractivity contribution in [1.82, 2.24) is 20.0 Å². The van der Waals surface area contributed by atoms with Crippen molar-refractivity contribution in [3.8, 4) is 0 Å². The Balaban J connectivity index is 1.60. The number of hydrogen-bond donors (Lipinski definition) is 0. The predicted octanol–water partition coefficient (Wildman–Crippen LogP) is 1.39. The first-order valence-electron chi connectivity index (χ1n) is 8.85. The van der Waals surface area contributed by atoms with Gasteiger partial charge in [-0.3, -0.25) is 9.69 Å². The van der Waals surface area contributed by atoms with Crippen LogP contribution in [0.4, 0.5) is 5.82 Å². The summed E-state index contributed by atoms with van der Waals surface area (Å²) in [4.78, 5) is 19.6. The molecule has 3 rings (SSSR count). The zero-order chi connectivity index (χ0) is 16.1. The molecule has 2 aliphatic heterocycles. The maximum Gasteiger partial charge on any atom is 0.239 e. The molecule has 3 heterocycles. The molecule has 0 spiro atoms. The van der Waals surface area contributed by atoms with Crippen LogP contribution in [0.15, 0.2) is 18.3 Å². The van der Waals surface area contributed by atoms with E-state index in [-0.39, 0.29) is 6.04 Å². The summed E-state index contributed by atoms with van der Waals surface area (Å²) >= 11 is 0. The van der Waals surface area contributed by atoms with E-state index in [1.54, 1.807) is 6.20 Å². The maximum absolute atomic E-state index is 12.9. The summed E-state index contributed by atoms with van der Waals surface area (Å²) in [7, 11) is 0. The summed E-state index contributed by atoms with van der Waals surface area (Å²) in [5.41, 5.74) is 0. The number of anilines is 1. The van der Waals surface area contributed by atoms with Crippen LogP contribution in [-0.2, 0) is 4.79 Å². The highest BCUT2D eigenvalue weighted by Crippen LogP contribution is 2.21.